The number of amides is 1. The number of hydrogen-bond acceptors (Lipinski definition) is 6. The van der Waals surface area contributed by atoms with Crippen LogP contribution in [0.25, 0.3) is 0 Å². The van der Waals surface area contributed by atoms with Crippen LogP contribution in [0.2, 0.25) is 10.0 Å². The Morgan fingerprint density at radius 1 is 1.16 bits per heavy atom. The number of rotatable bonds is 5. The summed E-state index contributed by atoms with van der Waals surface area (Å²) in [5.41, 5.74) is 2.24. The van der Waals surface area contributed by atoms with Gasteiger partial charge in [-0.3, -0.25) is 14.6 Å². The molecule has 0 aliphatic carbocycles. The van der Waals surface area contributed by atoms with Crippen LogP contribution in [0.1, 0.15) is 53.5 Å². The van der Waals surface area contributed by atoms with Crippen molar-refractivity contribution in [1.82, 2.24) is 19.8 Å². The number of imidazole rings is 1. The predicted molar refractivity (Wildman–Crippen MR) is 146 cm³/mol. The van der Waals surface area contributed by atoms with E-state index in [1.807, 2.05) is 49.5 Å². The van der Waals surface area contributed by atoms with Gasteiger partial charge < -0.3 is 14.6 Å². The fourth-order valence-corrected chi connectivity index (χ4v) is 5.26. The van der Waals surface area contributed by atoms with Gasteiger partial charge in [0.15, 0.2) is 11.5 Å². The number of carbonyl (C=O) groups is 1. The van der Waals surface area contributed by atoms with E-state index in [4.69, 9.17) is 37.9 Å². The molecule has 3 aromatic rings. The van der Waals surface area contributed by atoms with Gasteiger partial charge in [0.1, 0.15) is 11.9 Å². The molecular formula is C27H27Cl2FN6O2. The molecule has 1 amide bonds. The topological polar surface area (TPSA) is 75.0 Å². The Kier molecular flexibility index (Phi) is 6.71. The lowest BCUT2D eigenvalue weighted by molar-refractivity contribution is 0.0980. The first-order chi connectivity index (χ1) is 18.1. The molecule has 0 bridgehead atoms. The lowest BCUT2D eigenvalue weighted by Crippen LogP contribution is -2.53. The van der Waals surface area contributed by atoms with E-state index < -0.39 is 17.6 Å². The summed E-state index contributed by atoms with van der Waals surface area (Å²) in [5, 5.41) is 3.82. The van der Waals surface area contributed by atoms with Crippen molar-refractivity contribution < 1.29 is 13.9 Å². The van der Waals surface area contributed by atoms with Gasteiger partial charge in [-0.05, 0) is 63.8 Å². The summed E-state index contributed by atoms with van der Waals surface area (Å²) in [6.45, 7) is 4.05. The Labute approximate surface area is 230 Å². The summed E-state index contributed by atoms with van der Waals surface area (Å²) in [7, 11) is 5.30. The highest BCUT2D eigenvalue weighted by Crippen LogP contribution is 2.45. The zero-order valence-corrected chi connectivity index (χ0v) is 23.0. The first-order valence-electron chi connectivity index (χ1n) is 12.0. The lowest BCUT2D eigenvalue weighted by atomic mass is 10.0. The van der Waals surface area contributed by atoms with E-state index in [0.29, 0.717) is 28.1 Å². The molecule has 0 fully saturated rings. The second-order valence-electron chi connectivity index (χ2n) is 9.56. The van der Waals surface area contributed by atoms with Gasteiger partial charge >= 0.3 is 0 Å². The predicted octanol–water partition coefficient (Wildman–Crippen LogP) is 5.49. The van der Waals surface area contributed by atoms with Gasteiger partial charge in [0, 0.05) is 29.0 Å². The van der Waals surface area contributed by atoms with Crippen molar-refractivity contribution in [2.45, 2.75) is 31.7 Å². The molecule has 0 saturated carbocycles. The Bertz CT molecular complexity index is 1470. The van der Waals surface area contributed by atoms with E-state index >= 15 is 0 Å². The van der Waals surface area contributed by atoms with Gasteiger partial charge in [-0.15, -0.1) is 0 Å². The van der Waals surface area contributed by atoms with Gasteiger partial charge in [0.05, 0.1) is 17.8 Å². The first kappa shape index (κ1) is 26.2. The second-order valence-corrected chi connectivity index (χ2v) is 10.4. The third-order valence-corrected chi connectivity index (χ3v) is 7.26. The van der Waals surface area contributed by atoms with Crippen LogP contribution in [0, 0.1) is 5.82 Å². The van der Waals surface area contributed by atoms with Gasteiger partial charge in [-0.25, -0.2) is 14.4 Å². The highest BCUT2D eigenvalue weighted by Gasteiger charge is 2.49. The number of halogens is 3. The maximum atomic E-state index is 14.1. The SMILES string of the molecule is COC1=NC(c2nc3c(n2C(C)C)C(c2ccc(Cl)cc2)N(c2ccc(F)c(Cl)c2)C3=O)(N(C)C)NC=C1. The Morgan fingerprint density at radius 3 is 2.47 bits per heavy atom. The molecule has 0 saturated heterocycles. The molecule has 0 spiro atoms. The average Bonchev–Trinajstić information content (AvgIpc) is 3.42. The Morgan fingerprint density at radius 2 is 1.87 bits per heavy atom. The van der Waals surface area contributed by atoms with E-state index in [9.17, 15) is 9.18 Å². The average molecular weight is 557 g/mol. The van der Waals surface area contributed by atoms with Crippen molar-refractivity contribution in [3.05, 3.63) is 93.4 Å². The molecule has 198 valence electrons. The number of hydrogen-bond donors (Lipinski definition) is 1. The third kappa shape index (κ3) is 4.05. The molecule has 2 aromatic carbocycles. The molecule has 2 atom stereocenters. The largest absolute Gasteiger partial charge is 0.481 e. The number of nitrogens with zero attached hydrogens (tertiary/aromatic N) is 5. The number of carbonyl (C=O) groups excluding carboxylic acids is 1. The molecule has 2 aliphatic heterocycles. The summed E-state index contributed by atoms with van der Waals surface area (Å²) in [5.74, 6) is -1.08. The van der Waals surface area contributed by atoms with Crippen molar-refractivity contribution in [2.75, 3.05) is 26.1 Å². The quantitative estimate of drug-likeness (QED) is 0.449. The standard InChI is InChI=1S/C27H27Cl2FN6O2/c1-15(2)35-24-22(32-26(35)27(34(3)4)31-13-12-21(33-27)38-5)25(37)36(18-10-11-20(30)19(29)14-18)23(24)16-6-8-17(28)9-7-16/h6-15,23,31H,1-5H3. The van der Waals surface area contributed by atoms with Crippen molar-refractivity contribution in [1.29, 1.82) is 0 Å². The third-order valence-electron chi connectivity index (χ3n) is 6.72. The summed E-state index contributed by atoms with van der Waals surface area (Å²) in [6, 6.07) is 10.8. The fraction of sp³-hybridized carbons (Fsp3) is 0.296. The molecule has 1 N–H and O–H groups in total. The number of aromatic nitrogens is 2. The summed E-state index contributed by atoms with van der Waals surface area (Å²) < 4.78 is 21.5. The van der Waals surface area contributed by atoms with Crippen LogP contribution in [0.3, 0.4) is 0 Å². The molecule has 38 heavy (non-hydrogen) atoms. The molecule has 11 heteroatoms. The Balaban J connectivity index is 1.79. The minimum atomic E-state index is -1.14. The van der Waals surface area contributed by atoms with Crippen LogP contribution in [0.4, 0.5) is 10.1 Å². The molecule has 2 unspecified atom stereocenters. The van der Waals surface area contributed by atoms with E-state index in [0.717, 1.165) is 5.56 Å². The summed E-state index contributed by atoms with van der Waals surface area (Å²) in [6.07, 6.45) is 3.47. The van der Waals surface area contributed by atoms with Crippen LogP contribution in [0.5, 0.6) is 0 Å². The molecule has 5 rings (SSSR count). The number of ether oxygens (including phenoxy) is 1. The van der Waals surface area contributed by atoms with E-state index in [-0.39, 0.29) is 22.7 Å². The van der Waals surface area contributed by atoms with Crippen LogP contribution >= 0.6 is 23.2 Å². The molecular weight excluding hydrogens is 530 g/mol. The first-order valence-corrected chi connectivity index (χ1v) is 12.8. The van der Waals surface area contributed by atoms with Crippen molar-refractivity contribution >= 4 is 40.7 Å². The number of benzene rings is 2. The van der Waals surface area contributed by atoms with Gasteiger partial charge in [0.2, 0.25) is 11.7 Å². The van der Waals surface area contributed by atoms with Crippen LogP contribution in [0.15, 0.2) is 59.7 Å². The minimum absolute atomic E-state index is 0.0756. The molecule has 3 heterocycles. The van der Waals surface area contributed by atoms with Crippen molar-refractivity contribution in [3.8, 4) is 0 Å². The number of fused-ring (bicyclic) bond motifs is 1. The monoisotopic (exact) mass is 556 g/mol. The highest BCUT2D eigenvalue weighted by atomic mass is 35.5. The maximum absolute atomic E-state index is 14.1. The lowest BCUT2D eigenvalue weighted by Gasteiger charge is -2.39. The van der Waals surface area contributed by atoms with E-state index in [2.05, 4.69) is 5.32 Å². The van der Waals surface area contributed by atoms with Gasteiger partial charge in [-0.2, -0.15) is 0 Å². The van der Waals surface area contributed by atoms with E-state index in [1.165, 1.54) is 12.1 Å². The second kappa shape index (κ2) is 9.72. The van der Waals surface area contributed by atoms with Crippen molar-refractivity contribution in [2.24, 2.45) is 4.99 Å². The zero-order chi connectivity index (χ0) is 27.4. The number of methoxy groups -OCH3 is 1. The smallest absolute Gasteiger partial charge is 0.279 e. The molecule has 2 aliphatic rings. The van der Waals surface area contributed by atoms with E-state index in [1.54, 1.807) is 42.5 Å². The van der Waals surface area contributed by atoms with Crippen molar-refractivity contribution in [3.63, 3.8) is 0 Å². The van der Waals surface area contributed by atoms with Gasteiger partial charge in [0.25, 0.3) is 5.91 Å². The number of aliphatic imine (C=N–C) groups is 1. The maximum Gasteiger partial charge on any atom is 0.279 e. The van der Waals surface area contributed by atoms with Crippen LogP contribution in [-0.2, 0) is 10.5 Å². The zero-order valence-electron chi connectivity index (χ0n) is 21.5. The number of nitrogens with one attached hydrogen (secondary N) is 1. The highest BCUT2D eigenvalue weighted by molar-refractivity contribution is 6.31. The summed E-state index contributed by atoms with van der Waals surface area (Å²) >= 11 is 12.3. The number of anilines is 1. The normalized spacial score (nSPS) is 20.7. The van der Waals surface area contributed by atoms with Crippen LogP contribution in [-0.4, -0.2) is 47.5 Å². The Hall–Kier alpha value is -3.40. The van der Waals surface area contributed by atoms with Gasteiger partial charge in [-0.1, -0.05) is 35.3 Å². The minimum Gasteiger partial charge on any atom is -0.481 e. The fourth-order valence-electron chi connectivity index (χ4n) is 4.95. The summed E-state index contributed by atoms with van der Waals surface area (Å²) in [4.78, 5) is 27.3. The molecule has 8 nitrogen and oxygen atoms in total. The molecule has 0 radical (unpaired) electrons. The van der Waals surface area contributed by atoms with Crippen LogP contribution < -0.4 is 10.2 Å². The molecule has 1 aromatic heterocycles.